The van der Waals surface area contributed by atoms with Gasteiger partial charge in [0.1, 0.15) is 0 Å². The minimum absolute atomic E-state index is 0.254. The third kappa shape index (κ3) is 6.91. The molecule has 2 rings (SSSR count). The fourth-order valence-electron chi connectivity index (χ4n) is 3.22. The standard InChI is InChI=1S/C19H37N3O4S/c1-5-20-18(21-15-19(2,3)27(4,23)24)22-11-9-16(10-12-22)26-14-17-8-6-7-13-25-17/h16-17H,5-15H2,1-4H3,(H,20,21). The first-order valence-corrected chi connectivity index (χ1v) is 12.1. The van der Waals surface area contributed by atoms with E-state index in [4.69, 9.17) is 9.47 Å². The zero-order chi connectivity index (χ0) is 19.9. The van der Waals surface area contributed by atoms with Crippen molar-refractivity contribution in [1.29, 1.82) is 0 Å². The second kappa shape index (κ2) is 10.1. The highest BCUT2D eigenvalue weighted by molar-refractivity contribution is 7.92. The smallest absolute Gasteiger partial charge is 0.193 e. The number of guanidine groups is 1. The molecule has 1 unspecified atom stereocenters. The zero-order valence-corrected chi connectivity index (χ0v) is 18.2. The Morgan fingerprint density at radius 2 is 1.96 bits per heavy atom. The Morgan fingerprint density at radius 3 is 2.52 bits per heavy atom. The Kier molecular flexibility index (Phi) is 8.37. The lowest BCUT2D eigenvalue weighted by Gasteiger charge is -2.35. The number of nitrogens with zero attached hydrogens (tertiary/aromatic N) is 2. The molecule has 0 radical (unpaired) electrons. The molecular weight excluding hydrogens is 366 g/mol. The van der Waals surface area contributed by atoms with Gasteiger partial charge in [0.2, 0.25) is 0 Å². The maximum atomic E-state index is 11.9. The summed E-state index contributed by atoms with van der Waals surface area (Å²) in [5, 5.41) is 3.30. The van der Waals surface area contributed by atoms with Crippen LogP contribution in [0.15, 0.2) is 4.99 Å². The molecule has 8 heteroatoms. The second-order valence-electron chi connectivity index (χ2n) is 8.21. The minimum Gasteiger partial charge on any atom is -0.376 e. The number of sulfone groups is 1. The van der Waals surface area contributed by atoms with E-state index in [1.165, 1.54) is 12.7 Å². The Bertz CT molecular complexity index is 578. The minimum atomic E-state index is -3.16. The zero-order valence-electron chi connectivity index (χ0n) is 17.4. The Hall–Kier alpha value is -0.860. The van der Waals surface area contributed by atoms with Gasteiger partial charge in [0.15, 0.2) is 15.8 Å². The van der Waals surface area contributed by atoms with Gasteiger partial charge in [0.05, 0.1) is 30.1 Å². The summed E-state index contributed by atoms with van der Waals surface area (Å²) in [5.41, 5.74) is 0. The van der Waals surface area contributed by atoms with Gasteiger partial charge in [-0.25, -0.2) is 8.42 Å². The van der Waals surface area contributed by atoms with Crippen molar-refractivity contribution >= 4 is 15.8 Å². The van der Waals surface area contributed by atoms with Crippen molar-refractivity contribution in [3.8, 4) is 0 Å². The molecule has 158 valence electrons. The molecule has 1 N–H and O–H groups in total. The quantitative estimate of drug-likeness (QED) is 0.516. The predicted molar refractivity (Wildman–Crippen MR) is 109 cm³/mol. The van der Waals surface area contributed by atoms with Crippen molar-refractivity contribution in [1.82, 2.24) is 10.2 Å². The van der Waals surface area contributed by atoms with Crippen LogP contribution in [-0.2, 0) is 19.3 Å². The van der Waals surface area contributed by atoms with E-state index in [0.717, 1.165) is 57.9 Å². The number of hydrogen-bond donors (Lipinski definition) is 1. The second-order valence-corrected chi connectivity index (χ2v) is 10.9. The molecule has 27 heavy (non-hydrogen) atoms. The average molecular weight is 404 g/mol. The van der Waals surface area contributed by atoms with Crippen LogP contribution < -0.4 is 5.32 Å². The maximum absolute atomic E-state index is 11.9. The van der Waals surface area contributed by atoms with Crippen LogP contribution in [0.2, 0.25) is 0 Å². The molecule has 0 aromatic heterocycles. The van der Waals surface area contributed by atoms with Crippen molar-refractivity contribution in [3.63, 3.8) is 0 Å². The van der Waals surface area contributed by atoms with Gasteiger partial charge in [0, 0.05) is 32.5 Å². The lowest BCUT2D eigenvalue weighted by Crippen LogP contribution is -2.48. The van der Waals surface area contributed by atoms with Gasteiger partial charge in [-0.1, -0.05) is 0 Å². The highest BCUT2D eigenvalue weighted by atomic mass is 32.2. The van der Waals surface area contributed by atoms with Crippen LogP contribution in [0.4, 0.5) is 0 Å². The van der Waals surface area contributed by atoms with Gasteiger partial charge < -0.3 is 19.7 Å². The lowest BCUT2D eigenvalue weighted by atomic mass is 10.1. The molecule has 0 aliphatic carbocycles. The number of hydrogen-bond acceptors (Lipinski definition) is 5. The SMILES string of the molecule is CCNC(=NCC(C)(C)S(C)(=O)=O)N1CCC(OCC2CCCCO2)CC1. The van der Waals surface area contributed by atoms with Crippen LogP contribution in [0.3, 0.4) is 0 Å². The molecule has 7 nitrogen and oxygen atoms in total. The van der Waals surface area contributed by atoms with Crippen LogP contribution in [-0.4, -0.2) is 81.9 Å². The maximum Gasteiger partial charge on any atom is 0.193 e. The Morgan fingerprint density at radius 1 is 1.26 bits per heavy atom. The van der Waals surface area contributed by atoms with Crippen LogP contribution in [0.25, 0.3) is 0 Å². The predicted octanol–water partition coefficient (Wildman–Crippen LogP) is 1.83. The first-order valence-electron chi connectivity index (χ1n) is 10.2. The molecule has 0 saturated carbocycles. The number of aliphatic imine (C=N–C) groups is 1. The first kappa shape index (κ1) is 22.4. The van der Waals surface area contributed by atoms with E-state index < -0.39 is 14.6 Å². The number of likely N-dealkylation sites (tertiary alicyclic amines) is 1. The van der Waals surface area contributed by atoms with Crippen molar-refractivity contribution in [3.05, 3.63) is 0 Å². The summed E-state index contributed by atoms with van der Waals surface area (Å²) >= 11 is 0. The molecule has 0 bridgehead atoms. The molecule has 2 saturated heterocycles. The van der Waals surface area contributed by atoms with Crippen LogP contribution in [0.5, 0.6) is 0 Å². The summed E-state index contributed by atoms with van der Waals surface area (Å²) in [6.45, 7) is 9.77. The fraction of sp³-hybridized carbons (Fsp3) is 0.947. The average Bonchev–Trinajstić information content (AvgIpc) is 2.64. The summed E-state index contributed by atoms with van der Waals surface area (Å²) in [6, 6.07) is 0. The fourth-order valence-corrected chi connectivity index (χ4v) is 3.52. The van der Waals surface area contributed by atoms with Crippen molar-refractivity contribution in [2.24, 2.45) is 4.99 Å². The number of piperidine rings is 1. The Balaban J connectivity index is 1.84. The molecule has 2 aliphatic heterocycles. The van der Waals surface area contributed by atoms with Crippen LogP contribution in [0.1, 0.15) is 52.9 Å². The monoisotopic (exact) mass is 403 g/mol. The topological polar surface area (TPSA) is 80.2 Å². The highest BCUT2D eigenvalue weighted by Gasteiger charge is 2.31. The third-order valence-electron chi connectivity index (χ3n) is 5.48. The first-order chi connectivity index (χ1) is 12.7. The van der Waals surface area contributed by atoms with Crippen LogP contribution >= 0.6 is 0 Å². The van der Waals surface area contributed by atoms with E-state index in [1.807, 2.05) is 6.92 Å². The van der Waals surface area contributed by atoms with E-state index in [9.17, 15) is 8.42 Å². The van der Waals surface area contributed by atoms with Gasteiger partial charge in [-0.05, 0) is 52.9 Å². The van der Waals surface area contributed by atoms with Gasteiger partial charge in [-0.2, -0.15) is 0 Å². The number of ether oxygens (including phenoxy) is 2. The molecule has 0 amide bonds. The molecule has 2 fully saturated rings. The molecular formula is C19H37N3O4S. The third-order valence-corrected chi connectivity index (χ3v) is 7.62. The molecule has 0 aromatic carbocycles. The van der Waals surface area contributed by atoms with Gasteiger partial charge in [0.25, 0.3) is 0 Å². The van der Waals surface area contributed by atoms with Crippen LogP contribution in [0, 0.1) is 0 Å². The van der Waals surface area contributed by atoms with E-state index in [2.05, 4.69) is 15.2 Å². The van der Waals surface area contributed by atoms with E-state index in [1.54, 1.807) is 13.8 Å². The summed E-state index contributed by atoms with van der Waals surface area (Å²) < 4.78 is 34.8. The van der Waals surface area contributed by atoms with E-state index >= 15 is 0 Å². The molecule has 0 spiro atoms. The van der Waals surface area contributed by atoms with Gasteiger partial charge >= 0.3 is 0 Å². The van der Waals surface area contributed by atoms with E-state index in [-0.39, 0.29) is 18.8 Å². The largest absolute Gasteiger partial charge is 0.376 e. The number of nitrogens with one attached hydrogen (secondary N) is 1. The summed E-state index contributed by atoms with van der Waals surface area (Å²) in [4.78, 5) is 6.82. The normalized spacial score (nSPS) is 23.5. The highest BCUT2D eigenvalue weighted by Crippen LogP contribution is 2.19. The summed E-state index contributed by atoms with van der Waals surface area (Å²) in [7, 11) is -3.16. The number of rotatable bonds is 7. The van der Waals surface area contributed by atoms with E-state index in [0.29, 0.717) is 6.61 Å². The Labute approximate surface area is 164 Å². The van der Waals surface area contributed by atoms with Gasteiger partial charge in [-0.3, -0.25) is 4.99 Å². The molecule has 2 heterocycles. The summed E-state index contributed by atoms with van der Waals surface area (Å²) in [5.74, 6) is 0.795. The molecule has 1 atom stereocenters. The molecule has 0 aromatic rings. The van der Waals surface area contributed by atoms with Gasteiger partial charge in [-0.15, -0.1) is 0 Å². The summed E-state index contributed by atoms with van der Waals surface area (Å²) in [6.07, 6.45) is 7.20. The lowest BCUT2D eigenvalue weighted by molar-refractivity contribution is -0.0721. The molecule has 2 aliphatic rings. The van der Waals surface area contributed by atoms with Crippen molar-refractivity contribution in [2.45, 2.75) is 69.8 Å². The van der Waals surface area contributed by atoms with Crippen molar-refractivity contribution < 1.29 is 17.9 Å². The van der Waals surface area contributed by atoms with Crippen molar-refractivity contribution in [2.75, 3.05) is 45.6 Å².